The Balaban J connectivity index is 1.22. The Morgan fingerprint density at radius 2 is 0.886 bits per heavy atom. The summed E-state index contributed by atoms with van der Waals surface area (Å²) < 4.78 is 2.45. The monoisotopic (exact) mass is 580 g/mol. The number of fused-ring (bicyclic) bond motifs is 3. The molecule has 8 aromatic rings. The van der Waals surface area contributed by atoms with Crippen molar-refractivity contribution < 1.29 is 0 Å². The molecule has 44 heavy (non-hydrogen) atoms. The van der Waals surface area contributed by atoms with Crippen LogP contribution < -0.4 is 4.90 Å². The Morgan fingerprint density at radius 1 is 0.409 bits per heavy atom. The maximum absolute atomic E-state index is 4.40. The molecule has 2 nitrogen and oxygen atoms in total. The molecule has 0 saturated carbocycles. The molecule has 0 aliphatic heterocycles. The number of nitrogens with zero attached hydrogens (tertiary/aromatic N) is 2. The van der Waals surface area contributed by atoms with Gasteiger partial charge in [-0.3, -0.25) is 4.98 Å². The Hall–Kier alpha value is -5.51. The highest BCUT2D eigenvalue weighted by atomic mass is 32.1. The number of thiophene rings is 1. The second-order valence-corrected chi connectivity index (χ2v) is 11.9. The van der Waals surface area contributed by atoms with Crippen LogP contribution in [0.15, 0.2) is 170 Å². The Labute approximate surface area is 261 Å². The van der Waals surface area contributed by atoms with E-state index in [-0.39, 0.29) is 0 Å². The van der Waals surface area contributed by atoms with Gasteiger partial charge in [-0.05, 0) is 75.8 Å². The summed E-state index contributed by atoms with van der Waals surface area (Å²) in [7, 11) is 0. The minimum Gasteiger partial charge on any atom is -0.310 e. The van der Waals surface area contributed by atoms with Gasteiger partial charge in [0.05, 0.1) is 10.4 Å². The molecule has 0 saturated heterocycles. The first-order valence-electron chi connectivity index (χ1n) is 14.8. The van der Waals surface area contributed by atoms with E-state index < -0.39 is 0 Å². The molecule has 0 aliphatic carbocycles. The number of benzene rings is 6. The largest absolute Gasteiger partial charge is 0.310 e. The van der Waals surface area contributed by atoms with E-state index in [0.29, 0.717) is 0 Å². The predicted molar refractivity (Wildman–Crippen MR) is 188 cm³/mol. The standard InChI is InChI=1S/C41H28N2S/c1-3-8-29(9-4-1)31-14-16-32(17-15-31)34-20-24-36(25-21-34)43(35-22-18-33(19-23-35)30-10-5-2-6-11-30)38-12-7-13-39-41(38)37-26-27-42-28-40(37)44-39/h1-28H. The van der Waals surface area contributed by atoms with Crippen LogP contribution in [0.5, 0.6) is 0 Å². The molecule has 0 amide bonds. The third-order valence-electron chi connectivity index (χ3n) is 8.20. The molecule has 2 heterocycles. The molecule has 0 aliphatic rings. The Bertz CT molecular complexity index is 2180. The van der Waals surface area contributed by atoms with Crippen LogP contribution in [-0.2, 0) is 0 Å². The Morgan fingerprint density at radius 3 is 1.41 bits per heavy atom. The average molecular weight is 581 g/mol. The van der Waals surface area contributed by atoms with E-state index in [1.807, 2.05) is 12.4 Å². The lowest BCUT2D eigenvalue weighted by molar-refractivity contribution is 1.30. The summed E-state index contributed by atoms with van der Waals surface area (Å²) in [6, 6.07) is 56.5. The molecule has 8 rings (SSSR count). The summed E-state index contributed by atoms with van der Waals surface area (Å²) >= 11 is 1.79. The fourth-order valence-corrected chi connectivity index (χ4v) is 7.09. The highest BCUT2D eigenvalue weighted by Gasteiger charge is 2.18. The number of aromatic nitrogens is 1. The second kappa shape index (κ2) is 11.3. The number of hydrogen-bond acceptors (Lipinski definition) is 3. The van der Waals surface area contributed by atoms with Crippen molar-refractivity contribution in [1.82, 2.24) is 4.98 Å². The topological polar surface area (TPSA) is 16.1 Å². The van der Waals surface area contributed by atoms with Crippen molar-refractivity contribution >= 4 is 48.6 Å². The van der Waals surface area contributed by atoms with Crippen molar-refractivity contribution in [2.24, 2.45) is 0 Å². The molecule has 0 N–H and O–H groups in total. The van der Waals surface area contributed by atoms with Crippen LogP contribution in [0.1, 0.15) is 0 Å². The summed E-state index contributed by atoms with van der Waals surface area (Å²) in [5.41, 5.74) is 10.7. The molecule has 2 aromatic heterocycles. The van der Waals surface area contributed by atoms with E-state index in [1.165, 1.54) is 53.6 Å². The quantitative estimate of drug-likeness (QED) is 0.194. The van der Waals surface area contributed by atoms with Gasteiger partial charge in [-0.1, -0.05) is 115 Å². The molecule has 3 heteroatoms. The van der Waals surface area contributed by atoms with Gasteiger partial charge in [-0.25, -0.2) is 0 Å². The fourth-order valence-electron chi connectivity index (χ4n) is 6.00. The van der Waals surface area contributed by atoms with Crippen molar-refractivity contribution in [3.63, 3.8) is 0 Å². The van der Waals surface area contributed by atoms with Crippen LogP contribution in [0.4, 0.5) is 17.1 Å². The van der Waals surface area contributed by atoms with Crippen LogP contribution in [-0.4, -0.2) is 4.98 Å². The molecule has 0 spiro atoms. The molecule has 0 atom stereocenters. The molecule has 0 radical (unpaired) electrons. The third-order valence-corrected chi connectivity index (χ3v) is 9.31. The van der Waals surface area contributed by atoms with Gasteiger partial charge >= 0.3 is 0 Å². The second-order valence-electron chi connectivity index (χ2n) is 10.9. The molecule has 6 aromatic carbocycles. The van der Waals surface area contributed by atoms with Gasteiger partial charge in [0.15, 0.2) is 0 Å². The lowest BCUT2D eigenvalue weighted by Gasteiger charge is -2.27. The first-order valence-corrected chi connectivity index (χ1v) is 15.6. The van der Waals surface area contributed by atoms with Crippen LogP contribution >= 0.6 is 11.3 Å². The maximum Gasteiger partial charge on any atom is 0.0554 e. The van der Waals surface area contributed by atoms with E-state index in [4.69, 9.17) is 0 Å². The minimum atomic E-state index is 1.11. The molecular weight excluding hydrogens is 553 g/mol. The third kappa shape index (κ3) is 4.84. The molecule has 0 bridgehead atoms. The smallest absolute Gasteiger partial charge is 0.0554 e. The molecular formula is C41H28N2S. The summed E-state index contributed by atoms with van der Waals surface area (Å²) in [5.74, 6) is 0. The van der Waals surface area contributed by atoms with Gasteiger partial charge in [0.2, 0.25) is 0 Å². The number of anilines is 3. The van der Waals surface area contributed by atoms with E-state index >= 15 is 0 Å². The predicted octanol–water partition coefficient (Wildman–Crippen LogP) is 11.9. The van der Waals surface area contributed by atoms with E-state index in [2.05, 4.69) is 168 Å². The fraction of sp³-hybridized carbons (Fsp3) is 0. The van der Waals surface area contributed by atoms with Crippen molar-refractivity contribution in [3.8, 4) is 33.4 Å². The Kier molecular flexibility index (Phi) is 6.71. The molecule has 0 unspecified atom stereocenters. The zero-order chi connectivity index (χ0) is 29.3. The summed E-state index contributed by atoms with van der Waals surface area (Å²) in [4.78, 5) is 6.78. The van der Waals surface area contributed by atoms with Gasteiger partial charge < -0.3 is 4.90 Å². The first kappa shape index (κ1) is 26.1. The van der Waals surface area contributed by atoms with Gasteiger partial charge in [-0.15, -0.1) is 11.3 Å². The normalized spacial score (nSPS) is 11.2. The van der Waals surface area contributed by atoms with Crippen molar-refractivity contribution in [2.45, 2.75) is 0 Å². The van der Waals surface area contributed by atoms with E-state index in [1.54, 1.807) is 11.3 Å². The van der Waals surface area contributed by atoms with E-state index in [9.17, 15) is 0 Å². The number of pyridine rings is 1. The zero-order valence-corrected chi connectivity index (χ0v) is 24.8. The van der Waals surface area contributed by atoms with Crippen LogP contribution in [0.3, 0.4) is 0 Å². The van der Waals surface area contributed by atoms with Crippen LogP contribution in [0.2, 0.25) is 0 Å². The van der Waals surface area contributed by atoms with Gasteiger partial charge in [0.25, 0.3) is 0 Å². The van der Waals surface area contributed by atoms with Crippen LogP contribution in [0, 0.1) is 0 Å². The maximum atomic E-state index is 4.40. The van der Waals surface area contributed by atoms with Crippen molar-refractivity contribution in [1.29, 1.82) is 0 Å². The average Bonchev–Trinajstić information content (AvgIpc) is 3.49. The van der Waals surface area contributed by atoms with Gasteiger partial charge in [-0.2, -0.15) is 0 Å². The van der Waals surface area contributed by atoms with Gasteiger partial charge in [0.1, 0.15) is 0 Å². The van der Waals surface area contributed by atoms with Crippen molar-refractivity contribution in [3.05, 3.63) is 170 Å². The highest BCUT2D eigenvalue weighted by molar-refractivity contribution is 7.25. The van der Waals surface area contributed by atoms with E-state index in [0.717, 1.165) is 17.1 Å². The molecule has 0 fully saturated rings. The van der Waals surface area contributed by atoms with Gasteiger partial charge in [0, 0.05) is 39.2 Å². The van der Waals surface area contributed by atoms with Crippen molar-refractivity contribution in [2.75, 3.05) is 4.90 Å². The lowest BCUT2D eigenvalue weighted by atomic mass is 10.00. The minimum absolute atomic E-state index is 1.11. The summed E-state index contributed by atoms with van der Waals surface area (Å²) in [6.45, 7) is 0. The number of hydrogen-bond donors (Lipinski definition) is 0. The summed E-state index contributed by atoms with van der Waals surface area (Å²) in [6.07, 6.45) is 3.86. The summed E-state index contributed by atoms with van der Waals surface area (Å²) in [5, 5.41) is 2.49. The molecule has 208 valence electrons. The zero-order valence-electron chi connectivity index (χ0n) is 24.0. The lowest BCUT2D eigenvalue weighted by Crippen LogP contribution is -2.10. The highest BCUT2D eigenvalue weighted by Crippen LogP contribution is 2.45. The first-order chi connectivity index (χ1) is 21.8. The number of rotatable bonds is 6. The SMILES string of the molecule is c1ccc(-c2ccc(-c3ccc(N(c4ccc(-c5ccccc5)cc4)c4cccc5sc6cnccc6c45)cc3)cc2)cc1. The van der Waals surface area contributed by atoms with Crippen LogP contribution in [0.25, 0.3) is 53.6 Å².